The quantitative estimate of drug-likeness (QED) is 0.540. The molecule has 2 heterocycles. The predicted molar refractivity (Wildman–Crippen MR) is 131 cm³/mol. The molecule has 34 heavy (non-hydrogen) atoms. The molecule has 7 heteroatoms. The van der Waals surface area contributed by atoms with Crippen molar-refractivity contribution in [3.63, 3.8) is 0 Å². The number of nitrogens with zero attached hydrogens (tertiary/aromatic N) is 5. The van der Waals surface area contributed by atoms with Crippen LogP contribution in [0.1, 0.15) is 46.6 Å². The van der Waals surface area contributed by atoms with Crippen molar-refractivity contribution >= 4 is 11.6 Å². The molecule has 174 valence electrons. The van der Waals surface area contributed by atoms with E-state index in [4.69, 9.17) is 4.74 Å². The smallest absolute Gasteiger partial charge is 0.277 e. The number of rotatable bonds is 7. The molecule has 0 N–H and O–H groups in total. The van der Waals surface area contributed by atoms with Gasteiger partial charge >= 0.3 is 0 Å². The lowest BCUT2D eigenvalue weighted by molar-refractivity contribution is 0.0973. The van der Waals surface area contributed by atoms with Gasteiger partial charge in [-0.3, -0.25) is 4.79 Å². The van der Waals surface area contributed by atoms with Crippen LogP contribution < -0.4 is 9.64 Å². The third kappa shape index (κ3) is 3.84. The normalized spacial score (nSPS) is 16.3. The molecular weight excluding hydrogens is 426 g/mol. The lowest BCUT2D eigenvalue weighted by atomic mass is 9.92. The molecule has 0 spiro atoms. The van der Waals surface area contributed by atoms with E-state index in [0.29, 0.717) is 24.4 Å². The fraction of sp³-hybridized carbons (Fsp3) is 0.370. The van der Waals surface area contributed by atoms with Crippen molar-refractivity contribution in [2.24, 2.45) is 0 Å². The summed E-state index contributed by atoms with van der Waals surface area (Å²) in [6.07, 6.45) is 4.20. The van der Waals surface area contributed by atoms with Crippen LogP contribution in [-0.4, -0.2) is 54.9 Å². The first kappa shape index (κ1) is 22.2. The molecule has 7 nitrogen and oxygen atoms in total. The van der Waals surface area contributed by atoms with Gasteiger partial charge in [0, 0.05) is 17.8 Å². The lowest BCUT2D eigenvalue weighted by Gasteiger charge is -2.28. The highest BCUT2D eigenvalue weighted by Gasteiger charge is 2.43. The standard InChI is InChI=1S/C27H29N5O2/c1-30(2)17-15-27(13-14-27)19-4-6-20(7-5-19)31-16-12-23-24(18-28)29-32(25(23)26(31)33)21-8-10-22(34-3)11-9-21/h4-11H,12-17H2,1-3H3. The fourth-order valence-electron chi connectivity index (χ4n) is 4.87. The van der Waals surface area contributed by atoms with Crippen LogP contribution in [-0.2, 0) is 11.8 Å². The first-order valence-corrected chi connectivity index (χ1v) is 11.7. The van der Waals surface area contributed by atoms with Gasteiger partial charge < -0.3 is 14.5 Å². The third-order valence-corrected chi connectivity index (χ3v) is 7.12. The Morgan fingerprint density at radius 3 is 2.35 bits per heavy atom. The molecule has 2 aromatic carbocycles. The van der Waals surface area contributed by atoms with Gasteiger partial charge in [0.2, 0.25) is 0 Å². The SMILES string of the molecule is COc1ccc(-n2nc(C#N)c3c2C(=O)N(c2ccc(C4(CCN(C)C)CC4)cc2)CC3)cc1. The molecule has 2 aliphatic rings. The molecule has 5 rings (SSSR count). The molecule has 1 aliphatic heterocycles. The Morgan fingerprint density at radius 1 is 1.09 bits per heavy atom. The molecule has 1 aliphatic carbocycles. The summed E-state index contributed by atoms with van der Waals surface area (Å²) in [6, 6.07) is 18.0. The highest BCUT2D eigenvalue weighted by molar-refractivity contribution is 6.07. The second kappa shape index (κ2) is 8.62. The van der Waals surface area contributed by atoms with Crippen LogP contribution in [0.15, 0.2) is 48.5 Å². The average Bonchev–Trinajstić information content (AvgIpc) is 3.56. The van der Waals surface area contributed by atoms with Crippen molar-refractivity contribution in [3.8, 4) is 17.5 Å². The average molecular weight is 456 g/mol. The molecule has 0 unspecified atom stereocenters. The van der Waals surface area contributed by atoms with E-state index in [9.17, 15) is 10.1 Å². The first-order chi connectivity index (χ1) is 16.5. The van der Waals surface area contributed by atoms with Crippen LogP contribution in [0.3, 0.4) is 0 Å². The van der Waals surface area contributed by atoms with E-state index in [1.54, 1.807) is 16.7 Å². The number of carbonyl (C=O) groups is 1. The highest BCUT2D eigenvalue weighted by Crippen LogP contribution is 2.51. The Kier molecular flexibility index (Phi) is 5.62. The summed E-state index contributed by atoms with van der Waals surface area (Å²) in [5.74, 6) is 0.588. The maximum Gasteiger partial charge on any atom is 0.277 e. The van der Waals surface area contributed by atoms with Gasteiger partial charge in [0.1, 0.15) is 17.5 Å². The van der Waals surface area contributed by atoms with Crippen LogP contribution in [0.4, 0.5) is 5.69 Å². The Balaban J connectivity index is 1.44. The Hall–Kier alpha value is -3.63. The molecule has 3 aromatic rings. The summed E-state index contributed by atoms with van der Waals surface area (Å²) in [4.78, 5) is 17.7. The van der Waals surface area contributed by atoms with Crippen molar-refractivity contribution in [2.75, 3.05) is 39.2 Å². The minimum atomic E-state index is -0.132. The van der Waals surface area contributed by atoms with Gasteiger partial charge in [-0.05, 0) is 93.7 Å². The number of aromatic nitrogens is 2. The summed E-state index contributed by atoms with van der Waals surface area (Å²) in [5.41, 5.74) is 4.74. The van der Waals surface area contributed by atoms with E-state index in [2.05, 4.69) is 54.4 Å². The van der Waals surface area contributed by atoms with Crippen molar-refractivity contribution < 1.29 is 9.53 Å². The number of carbonyl (C=O) groups excluding carboxylic acids is 1. The van der Waals surface area contributed by atoms with Crippen LogP contribution in [0.2, 0.25) is 0 Å². The number of benzene rings is 2. The number of hydrogen-bond donors (Lipinski definition) is 0. The monoisotopic (exact) mass is 455 g/mol. The van der Waals surface area contributed by atoms with Crippen LogP contribution in [0.25, 0.3) is 5.69 Å². The van der Waals surface area contributed by atoms with E-state index < -0.39 is 0 Å². The summed E-state index contributed by atoms with van der Waals surface area (Å²) >= 11 is 0. The number of fused-ring (bicyclic) bond motifs is 1. The van der Waals surface area contributed by atoms with Crippen molar-refractivity contribution in [1.29, 1.82) is 5.26 Å². The fourth-order valence-corrected chi connectivity index (χ4v) is 4.87. The Labute approximate surface area is 200 Å². The second-order valence-electron chi connectivity index (χ2n) is 9.48. The number of nitriles is 1. The zero-order valence-electron chi connectivity index (χ0n) is 19.9. The van der Waals surface area contributed by atoms with Crippen molar-refractivity contribution in [2.45, 2.75) is 31.1 Å². The third-order valence-electron chi connectivity index (χ3n) is 7.12. The molecule has 1 fully saturated rings. The molecule has 1 amide bonds. The van der Waals surface area contributed by atoms with Crippen LogP contribution in [0.5, 0.6) is 5.75 Å². The van der Waals surface area contributed by atoms with Crippen molar-refractivity contribution in [3.05, 3.63) is 71.0 Å². The van der Waals surface area contributed by atoms with Crippen LogP contribution in [0, 0.1) is 11.3 Å². The summed E-state index contributed by atoms with van der Waals surface area (Å²) in [5, 5.41) is 14.1. The minimum absolute atomic E-state index is 0.132. The van der Waals surface area contributed by atoms with Crippen LogP contribution >= 0.6 is 0 Å². The van der Waals surface area contributed by atoms with Gasteiger partial charge in [-0.15, -0.1) is 0 Å². The summed E-state index contributed by atoms with van der Waals surface area (Å²) in [7, 11) is 5.84. The lowest BCUT2D eigenvalue weighted by Crippen LogP contribution is -2.38. The Bertz CT molecular complexity index is 1250. The molecule has 1 aromatic heterocycles. The number of amides is 1. The van der Waals surface area contributed by atoms with Crippen molar-refractivity contribution in [1.82, 2.24) is 14.7 Å². The van der Waals surface area contributed by atoms with E-state index >= 15 is 0 Å². The molecular formula is C27H29N5O2. The number of ether oxygens (including phenoxy) is 1. The number of methoxy groups -OCH3 is 1. The van der Waals surface area contributed by atoms with Gasteiger partial charge in [-0.2, -0.15) is 10.4 Å². The van der Waals surface area contributed by atoms with E-state index in [1.165, 1.54) is 18.4 Å². The summed E-state index contributed by atoms with van der Waals surface area (Å²) < 4.78 is 6.84. The number of hydrogen-bond acceptors (Lipinski definition) is 5. The number of anilines is 1. The van der Waals surface area contributed by atoms with Gasteiger partial charge in [-0.25, -0.2) is 4.68 Å². The highest BCUT2D eigenvalue weighted by atomic mass is 16.5. The van der Waals surface area contributed by atoms with E-state index in [0.717, 1.165) is 35.7 Å². The second-order valence-corrected chi connectivity index (χ2v) is 9.48. The van der Waals surface area contributed by atoms with E-state index in [-0.39, 0.29) is 11.3 Å². The molecule has 0 saturated heterocycles. The maximum atomic E-state index is 13.7. The minimum Gasteiger partial charge on any atom is -0.497 e. The van der Waals surface area contributed by atoms with Gasteiger partial charge in [0.25, 0.3) is 5.91 Å². The zero-order chi connectivity index (χ0) is 23.9. The zero-order valence-corrected chi connectivity index (χ0v) is 19.9. The molecule has 1 saturated carbocycles. The molecule has 0 bridgehead atoms. The first-order valence-electron chi connectivity index (χ1n) is 11.7. The van der Waals surface area contributed by atoms with Gasteiger partial charge in [-0.1, -0.05) is 12.1 Å². The van der Waals surface area contributed by atoms with Gasteiger partial charge in [0.15, 0.2) is 5.69 Å². The molecule has 0 atom stereocenters. The van der Waals surface area contributed by atoms with E-state index in [1.807, 2.05) is 24.3 Å². The molecule has 0 radical (unpaired) electrons. The topological polar surface area (TPSA) is 74.4 Å². The Morgan fingerprint density at radius 2 is 1.76 bits per heavy atom. The predicted octanol–water partition coefficient (Wildman–Crippen LogP) is 3.94. The largest absolute Gasteiger partial charge is 0.497 e. The maximum absolute atomic E-state index is 13.7. The van der Waals surface area contributed by atoms with Gasteiger partial charge in [0.05, 0.1) is 12.8 Å². The summed E-state index contributed by atoms with van der Waals surface area (Å²) in [6.45, 7) is 1.60.